The lowest BCUT2D eigenvalue weighted by Crippen LogP contribution is -2.41. The van der Waals surface area contributed by atoms with E-state index >= 15 is 0 Å². The van der Waals surface area contributed by atoms with Gasteiger partial charge in [-0.3, -0.25) is 10.0 Å². The molecule has 0 spiro atoms. The van der Waals surface area contributed by atoms with Crippen molar-refractivity contribution in [1.29, 1.82) is 0 Å². The number of ether oxygens (including phenoxy) is 2. The van der Waals surface area contributed by atoms with Crippen molar-refractivity contribution < 1.29 is 14.3 Å². The van der Waals surface area contributed by atoms with Gasteiger partial charge in [-0.2, -0.15) is 5.10 Å². The fourth-order valence-corrected chi connectivity index (χ4v) is 4.26. The number of hydrogen-bond donors (Lipinski definition) is 2. The van der Waals surface area contributed by atoms with Gasteiger partial charge < -0.3 is 9.47 Å². The summed E-state index contributed by atoms with van der Waals surface area (Å²) in [6, 6.07) is 26.9. The van der Waals surface area contributed by atoms with Crippen molar-refractivity contribution in [3.8, 4) is 22.7 Å². The third-order valence-corrected chi connectivity index (χ3v) is 6.30. The third kappa shape index (κ3) is 8.27. The molecule has 10 heteroatoms. The van der Waals surface area contributed by atoms with Gasteiger partial charge in [-0.1, -0.05) is 29.8 Å². The van der Waals surface area contributed by atoms with Crippen molar-refractivity contribution in [3.05, 3.63) is 95.6 Å². The summed E-state index contributed by atoms with van der Waals surface area (Å²) < 4.78 is 15.7. The molecular formula is C29H30ClN5O3S. The Morgan fingerprint density at radius 3 is 2.36 bits per heavy atom. The van der Waals surface area contributed by atoms with E-state index in [-0.39, 0.29) is 12.5 Å². The summed E-state index contributed by atoms with van der Waals surface area (Å²) in [6.07, 6.45) is -0.604. The van der Waals surface area contributed by atoms with Crippen LogP contribution in [-0.4, -0.2) is 34.5 Å². The first kappa shape index (κ1) is 28.1. The lowest BCUT2D eigenvalue weighted by atomic mass is 10.1. The Bertz CT molecular complexity index is 1420. The number of aliphatic imine (C=N–C) groups is 1. The molecule has 0 saturated carbocycles. The normalized spacial score (nSPS) is 11.7. The standard InChI is InChI=1S/C29H30ClN5O3S/c1-29(2,3)38-28(36)32-27(34-39-25-8-6-5-7-9-25)31-19-22-18-26(20-10-16-24(37-4)17-11-20)35(33-22)23-14-12-21(30)13-15-23/h5-18H,19H2,1-4H3,(H2,31,32,34,36). The third-order valence-electron chi connectivity index (χ3n) is 5.24. The van der Waals surface area contributed by atoms with Gasteiger partial charge in [-0.15, -0.1) is 0 Å². The second kappa shape index (κ2) is 12.7. The molecule has 0 fully saturated rings. The molecule has 0 atom stereocenters. The van der Waals surface area contributed by atoms with Crippen LogP contribution in [-0.2, 0) is 11.3 Å². The van der Waals surface area contributed by atoms with Crippen LogP contribution in [0.2, 0.25) is 5.02 Å². The lowest BCUT2D eigenvalue weighted by molar-refractivity contribution is 0.0562. The number of rotatable bonds is 7. The Hall–Kier alpha value is -3.95. The highest BCUT2D eigenvalue weighted by Crippen LogP contribution is 2.27. The van der Waals surface area contributed by atoms with Crippen LogP contribution in [0.15, 0.2) is 94.8 Å². The molecule has 4 aromatic rings. The number of carbonyl (C=O) groups excluding carboxylic acids is 1. The van der Waals surface area contributed by atoms with E-state index in [0.29, 0.717) is 10.7 Å². The molecule has 0 aliphatic rings. The summed E-state index contributed by atoms with van der Waals surface area (Å²) in [5.74, 6) is 1.02. The van der Waals surface area contributed by atoms with Gasteiger partial charge in [0.25, 0.3) is 0 Å². The molecule has 39 heavy (non-hydrogen) atoms. The number of nitrogens with one attached hydrogen (secondary N) is 2. The Morgan fingerprint density at radius 1 is 1.03 bits per heavy atom. The highest BCUT2D eigenvalue weighted by atomic mass is 35.5. The number of guanidine groups is 1. The fourth-order valence-electron chi connectivity index (χ4n) is 3.51. The summed E-state index contributed by atoms with van der Waals surface area (Å²) in [7, 11) is 1.64. The van der Waals surface area contributed by atoms with Gasteiger partial charge in [0.15, 0.2) is 0 Å². The molecule has 3 aromatic carbocycles. The average molecular weight is 564 g/mol. The van der Waals surface area contributed by atoms with E-state index in [9.17, 15) is 4.79 Å². The Kier molecular flexibility index (Phi) is 9.16. The summed E-state index contributed by atoms with van der Waals surface area (Å²) in [5, 5.41) is 8.17. The van der Waals surface area contributed by atoms with E-state index in [1.54, 1.807) is 27.9 Å². The topological polar surface area (TPSA) is 89.8 Å². The predicted octanol–water partition coefficient (Wildman–Crippen LogP) is 6.88. The van der Waals surface area contributed by atoms with E-state index in [4.69, 9.17) is 26.2 Å². The van der Waals surface area contributed by atoms with Crippen molar-refractivity contribution in [2.45, 2.75) is 37.8 Å². The molecule has 1 amide bonds. The number of alkyl carbamates (subject to hydrolysis) is 1. The van der Waals surface area contributed by atoms with E-state index in [1.165, 1.54) is 11.9 Å². The molecule has 202 valence electrons. The second-order valence-electron chi connectivity index (χ2n) is 9.45. The first-order chi connectivity index (χ1) is 18.7. The number of nitrogens with zero attached hydrogens (tertiary/aromatic N) is 3. The molecule has 0 aliphatic heterocycles. The molecular weight excluding hydrogens is 534 g/mol. The van der Waals surface area contributed by atoms with Gasteiger partial charge >= 0.3 is 6.09 Å². The SMILES string of the molecule is COc1ccc(-c2cc(CN=C(NSc3ccccc3)NC(=O)OC(C)(C)C)nn2-c2ccc(Cl)cc2)cc1. The van der Waals surface area contributed by atoms with Gasteiger partial charge in [-0.05, 0) is 99.4 Å². The van der Waals surface area contributed by atoms with Crippen LogP contribution in [0, 0.1) is 0 Å². The van der Waals surface area contributed by atoms with Crippen molar-refractivity contribution in [2.24, 2.45) is 4.99 Å². The van der Waals surface area contributed by atoms with Gasteiger partial charge in [-0.25, -0.2) is 14.5 Å². The largest absolute Gasteiger partial charge is 0.497 e. The maximum absolute atomic E-state index is 12.5. The van der Waals surface area contributed by atoms with Gasteiger partial charge in [0, 0.05) is 15.5 Å². The maximum Gasteiger partial charge on any atom is 0.414 e. The number of hydrogen-bond acceptors (Lipinski definition) is 6. The number of benzene rings is 3. The van der Waals surface area contributed by atoms with E-state index < -0.39 is 11.7 Å². The zero-order valence-electron chi connectivity index (χ0n) is 22.1. The average Bonchev–Trinajstić information content (AvgIpc) is 3.34. The van der Waals surface area contributed by atoms with E-state index in [2.05, 4.69) is 15.0 Å². The van der Waals surface area contributed by atoms with Crippen LogP contribution in [0.3, 0.4) is 0 Å². The van der Waals surface area contributed by atoms with Gasteiger partial charge in [0.1, 0.15) is 11.4 Å². The molecule has 0 unspecified atom stereocenters. The monoisotopic (exact) mass is 563 g/mol. The zero-order chi connectivity index (χ0) is 27.8. The number of halogens is 1. The molecule has 0 saturated heterocycles. The first-order valence-corrected chi connectivity index (χ1v) is 13.4. The van der Waals surface area contributed by atoms with Gasteiger partial charge in [0.05, 0.1) is 30.7 Å². The molecule has 0 radical (unpaired) electrons. The van der Waals surface area contributed by atoms with Crippen LogP contribution in [0.5, 0.6) is 5.75 Å². The Labute approximate surface area is 237 Å². The summed E-state index contributed by atoms with van der Waals surface area (Å²) in [5.41, 5.74) is 2.74. The minimum absolute atomic E-state index is 0.206. The Morgan fingerprint density at radius 2 is 1.72 bits per heavy atom. The quantitative estimate of drug-likeness (QED) is 0.145. The van der Waals surface area contributed by atoms with Crippen molar-refractivity contribution in [1.82, 2.24) is 19.8 Å². The summed E-state index contributed by atoms with van der Waals surface area (Å²) >= 11 is 7.45. The molecule has 0 aliphatic carbocycles. The van der Waals surface area contributed by atoms with Crippen LogP contribution < -0.4 is 14.8 Å². The highest BCUT2D eigenvalue weighted by Gasteiger charge is 2.18. The second-order valence-corrected chi connectivity index (χ2v) is 10.8. The number of methoxy groups -OCH3 is 1. The predicted molar refractivity (Wildman–Crippen MR) is 157 cm³/mol. The molecule has 1 aromatic heterocycles. The van der Waals surface area contributed by atoms with Crippen molar-refractivity contribution in [3.63, 3.8) is 0 Å². The number of aromatic nitrogens is 2. The minimum atomic E-state index is -0.646. The molecule has 1 heterocycles. The van der Waals surface area contributed by atoms with Crippen LogP contribution in [0.1, 0.15) is 26.5 Å². The molecule has 8 nitrogen and oxygen atoms in total. The van der Waals surface area contributed by atoms with Crippen LogP contribution in [0.25, 0.3) is 16.9 Å². The van der Waals surface area contributed by atoms with Crippen molar-refractivity contribution >= 4 is 35.6 Å². The van der Waals surface area contributed by atoms with Gasteiger partial charge in [0.2, 0.25) is 5.96 Å². The smallest absolute Gasteiger partial charge is 0.414 e. The van der Waals surface area contributed by atoms with E-state index in [1.807, 2.05) is 89.6 Å². The summed E-state index contributed by atoms with van der Waals surface area (Å²) in [6.45, 7) is 5.62. The number of carbonyl (C=O) groups is 1. The van der Waals surface area contributed by atoms with Crippen LogP contribution >= 0.6 is 23.5 Å². The number of amides is 1. The highest BCUT2D eigenvalue weighted by molar-refractivity contribution is 7.98. The molecule has 4 rings (SSSR count). The maximum atomic E-state index is 12.5. The Balaban J connectivity index is 1.62. The summed E-state index contributed by atoms with van der Waals surface area (Å²) in [4.78, 5) is 18.1. The van der Waals surface area contributed by atoms with Crippen LogP contribution in [0.4, 0.5) is 4.79 Å². The first-order valence-electron chi connectivity index (χ1n) is 12.2. The molecule has 0 bridgehead atoms. The zero-order valence-corrected chi connectivity index (χ0v) is 23.7. The minimum Gasteiger partial charge on any atom is -0.497 e. The fraction of sp³-hybridized carbons (Fsp3) is 0.207. The lowest BCUT2D eigenvalue weighted by Gasteiger charge is -2.20. The van der Waals surface area contributed by atoms with E-state index in [0.717, 1.165) is 27.6 Å². The van der Waals surface area contributed by atoms with Crippen molar-refractivity contribution in [2.75, 3.05) is 7.11 Å². The molecule has 2 N–H and O–H groups in total.